The minimum absolute atomic E-state index is 0.0711. The first-order chi connectivity index (χ1) is 13.2. The van der Waals surface area contributed by atoms with Crippen LogP contribution < -0.4 is 5.32 Å². The number of imidazole rings is 1. The maximum atomic E-state index is 11.9. The van der Waals surface area contributed by atoms with Crippen molar-refractivity contribution in [3.8, 4) is 0 Å². The van der Waals surface area contributed by atoms with E-state index in [4.69, 9.17) is 4.98 Å². The quantitative estimate of drug-likeness (QED) is 0.546. The van der Waals surface area contributed by atoms with Gasteiger partial charge in [-0.25, -0.2) is 4.98 Å². The van der Waals surface area contributed by atoms with Crippen molar-refractivity contribution in [1.82, 2.24) is 14.9 Å². The van der Waals surface area contributed by atoms with E-state index < -0.39 is 0 Å². The number of para-hydroxylation sites is 2. The van der Waals surface area contributed by atoms with Crippen LogP contribution in [0.25, 0.3) is 21.8 Å². The Kier molecular flexibility index (Phi) is 4.88. The molecule has 3 aromatic carbocycles. The number of aromatic nitrogens is 2. The standard InChI is InChI=1S/C23H23N3O/c1-2-7-23(27)24-15-22-25-20-10-5-6-11-21(20)26(22)16-17-12-13-18-8-3-4-9-19(18)14-17/h3-6,8-14H,2,7,15-16H2,1H3,(H,24,27). The number of benzene rings is 3. The van der Waals surface area contributed by atoms with Crippen molar-refractivity contribution in [2.45, 2.75) is 32.9 Å². The van der Waals surface area contributed by atoms with E-state index in [-0.39, 0.29) is 5.91 Å². The first kappa shape index (κ1) is 17.3. The molecule has 0 unspecified atom stereocenters. The van der Waals surface area contributed by atoms with Gasteiger partial charge in [-0.05, 0) is 41.0 Å². The molecule has 0 spiro atoms. The Hall–Kier alpha value is -3.14. The Bertz CT molecular complexity index is 1100. The van der Waals surface area contributed by atoms with Crippen LogP contribution in [0.5, 0.6) is 0 Å². The Morgan fingerprint density at radius 3 is 2.63 bits per heavy atom. The smallest absolute Gasteiger partial charge is 0.220 e. The molecule has 0 atom stereocenters. The summed E-state index contributed by atoms with van der Waals surface area (Å²) in [6.45, 7) is 3.18. The van der Waals surface area contributed by atoms with Crippen LogP contribution in [0.2, 0.25) is 0 Å². The van der Waals surface area contributed by atoms with Gasteiger partial charge in [0.25, 0.3) is 0 Å². The van der Waals surface area contributed by atoms with Crippen molar-refractivity contribution in [2.75, 3.05) is 0 Å². The van der Waals surface area contributed by atoms with Crippen molar-refractivity contribution in [2.24, 2.45) is 0 Å². The van der Waals surface area contributed by atoms with Gasteiger partial charge in [0.05, 0.1) is 17.6 Å². The van der Waals surface area contributed by atoms with Gasteiger partial charge in [-0.3, -0.25) is 4.79 Å². The fourth-order valence-corrected chi connectivity index (χ4v) is 3.45. The zero-order valence-corrected chi connectivity index (χ0v) is 15.5. The van der Waals surface area contributed by atoms with Gasteiger partial charge in [-0.2, -0.15) is 0 Å². The zero-order valence-electron chi connectivity index (χ0n) is 15.5. The lowest BCUT2D eigenvalue weighted by Gasteiger charge is -2.11. The van der Waals surface area contributed by atoms with Crippen LogP contribution in [0.15, 0.2) is 66.7 Å². The summed E-state index contributed by atoms with van der Waals surface area (Å²) in [5.74, 6) is 0.954. The summed E-state index contributed by atoms with van der Waals surface area (Å²) in [5.41, 5.74) is 3.27. The van der Waals surface area contributed by atoms with Crippen LogP contribution in [0.4, 0.5) is 0 Å². The number of amides is 1. The highest BCUT2D eigenvalue weighted by molar-refractivity contribution is 5.83. The number of hydrogen-bond donors (Lipinski definition) is 1. The average Bonchev–Trinajstić information content (AvgIpc) is 3.04. The van der Waals surface area contributed by atoms with Crippen molar-refractivity contribution in [3.05, 3.63) is 78.1 Å². The number of nitrogens with one attached hydrogen (secondary N) is 1. The first-order valence-electron chi connectivity index (χ1n) is 9.43. The van der Waals surface area contributed by atoms with E-state index in [0.29, 0.717) is 13.0 Å². The SMILES string of the molecule is CCCC(=O)NCc1nc2ccccc2n1Cc1ccc2ccccc2c1. The average molecular weight is 357 g/mol. The summed E-state index contributed by atoms with van der Waals surface area (Å²) in [7, 11) is 0. The molecule has 0 fully saturated rings. The maximum absolute atomic E-state index is 11.9. The molecule has 0 bridgehead atoms. The van der Waals surface area contributed by atoms with E-state index in [0.717, 1.165) is 29.8 Å². The van der Waals surface area contributed by atoms with Gasteiger partial charge >= 0.3 is 0 Å². The molecule has 136 valence electrons. The lowest BCUT2D eigenvalue weighted by molar-refractivity contribution is -0.121. The van der Waals surface area contributed by atoms with Gasteiger partial charge in [-0.15, -0.1) is 0 Å². The molecule has 0 aliphatic rings. The molecule has 1 amide bonds. The Balaban J connectivity index is 1.67. The number of fused-ring (bicyclic) bond motifs is 2. The predicted molar refractivity (Wildman–Crippen MR) is 110 cm³/mol. The van der Waals surface area contributed by atoms with Crippen LogP contribution in [0.1, 0.15) is 31.2 Å². The van der Waals surface area contributed by atoms with Gasteiger partial charge in [0, 0.05) is 13.0 Å². The molecule has 0 aliphatic heterocycles. The second kappa shape index (κ2) is 7.62. The van der Waals surface area contributed by atoms with Gasteiger partial charge < -0.3 is 9.88 Å². The maximum Gasteiger partial charge on any atom is 0.220 e. The molecule has 1 N–H and O–H groups in total. The van der Waals surface area contributed by atoms with Gasteiger partial charge in [0.2, 0.25) is 5.91 Å². The second-order valence-electron chi connectivity index (χ2n) is 6.81. The molecule has 1 aromatic heterocycles. The third-order valence-electron chi connectivity index (χ3n) is 4.81. The van der Waals surface area contributed by atoms with E-state index in [1.54, 1.807) is 0 Å². The normalized spacial score (nSPS) is 11.1. The topological polar surface area (TPSA) is 46.9 Å². The van der Waals surface area contributed by atoms with Crippen molar-refractivity contribution >= 4 is 27.7 Å². The second-order valence-corrected chi connectivity index (χ2v) is 6.81. The highest BCUT2D eigenvalue weighted by atomic mass is 16.1. The van der Waals surface area contributed by atoms with Crippen LogP contribution in [-0.2, 0) is 17.9 Å². The zero-order chi connectivity index (χ0) is 18.6. The fraction of sp³-hybridized carbons (Fsp3) is 0.217. The lowest BCUT2D eigenvalue weighted by Crippen LogP contribution is -2.24. The van der Waals surface area contributed by atoms with Crippen molar-refractivity contribution < 1.29 is 4.79 Å². The fourth-order valence-electron chi connectivity index (χ4n) is 3.45. The summed E-state index contributed by atoms with van der Waals surface area (Å²) in [6.07, 6.45) is 1.39. The predicted octanol–water partition coefficient (Wildman–Crippen LogP) is 4.65. The van der Waals surface area contributed by atoms with Gasteiger partial charge in [0.1, 0.15) is 5.82 Å². The molecule has 0 aliphatic carbocycles. The summed E-state index contributed by atoms with van der Waals surface area (Å²) < 4.78 is 2.20. The number of rotatable bonds is 6. The Morgan fingerprint density at radius 1 is 1.00 bits per heavy atom. The minimum atomic E-state index is 0.0711. The molecule has 1 heterocycles. The van der Waals surface area contributed by atoms with E-state index in [1.165, 1.54) is 16.3 Å². The van der Waals surface area contributed by atoms with Gasteiger partial charge in [0.15, 0.2) is 0 Å². The summed E-state index contributed by atoms with van der Waals surface area (Å²) >= 11 is 0. The van der Waals surface area contributed by atoms with Crippen LogP contribution in [0.3, 0.4) is 0 Å². The first-order valence-corrected chi connectivity index (χ1v) is 9.43. The van der Waals surface area contributed by atoms with E-state index >= 15 is 0 Å². The number of hydrogen-bond acceptors (Lipinski definition) is 2. The number of nitrogens with zero attached hydrogens (tertiary/aromatic N) is 2. The molecular formula is C23H23N3O. The molecular weight excluding hydrogens is 334 g/mol. The summed E-state index contributed by atoms with van der Waals surface area (Å²) in [5, 5.41) is 5.47. The largest absolute Gasteiger partial charge is 0.349 e. The molecule has 4 aromatic rings. The van der Waals surface area contributed by atoms with Crippen LogP contribution in [-0.4, -0.2) is 15.5 Å². The lowest BCUT2D eigenvalue weighted by atomic mass is 10.1. The Morgan fingerprint density at radius 2 is 1.78 bits per heavy atom. The molecule has 0 saturated carbocycles. The highest BCUT2D eigenvalue weighted by Gasteiger charge is 2.12. The van der Waals surface area contributed by atoms with Crippen LogP contribution in [0, 0.1) is 0 Å². The van der Waals surface area contributed by atoms with Crippen molar-refractivity contribution in [1.29, 1.82) is 0 Å². The molecule has 4 rings (SSSR count). The number of carbonyl (C=O) groups excluding carboxylic acids is 1. The Labute approximate surface area is 158 Å². The summed E-state index contributed by atoms with van der Waals surface area (Å²) in [4.78, 5) is 16.7. The molecule has 0 saturated heterocycles. The third-order valence-corrected chi connectivity index (χ3v) is 4.81. The van der Waals surface area contributed by atoms with E-state index in [2.05, 4.69) is 58.4 Å². The van der Waals surface area contributed by atoms with Gasteiger partial charge in [-0.1, -0.05) is 55.5 Å². The van der Waals surface area contributed by atoms with Crippen molar-refractivity contribution in [3.63, 3.8) is 0 Å². The molecule has 4 heteroatoms. The van der Waals surface area contributed by atoms with Crippen LogP contribution >= 0.6 is 0 Å². The third kappa shape index (κ3) is 3.70. The minimum Gasteiger partial charge on any atom is -0.349 e. The molecule has 27 heavy (non-hydrogen) atoms. The number of carbonyl (C=O) groups is 1. The van der Waals surface area contributed by atoms with E-state index in [9.17, 15) is 4.79 Å². The highest BCUT2D eigenvalue weighted by Crippen LogP contribution is 2.21. The molecule has 4 nitrogen and oxygen atoms in total. The monoisotopic (exact) mass is 357 g/mol. The van der Waals surface area contributed by atoms with E-state index in [1.807, 2.05) is 25.1 Å². The summed E-state index contributed by atoms with van der Waals surface area (Å²) in [6, 6.07) is 23.1. The molecule has 0 radical (unpaired) electrons.